The van der Waals surface area contributed by atoms with Crippen molar-refractivity contribution in [2.75, 3.05) is 48.7 Å². The van der Waals surface area contributed by atoms with Crippen LogP contribution in [0.4, 0.5) is 17.5 Å². The number of nitrogens with zero attached hydrogens (tertiary/aromatic N) is 4. The third-order valence-electron chi connectivity index (χ3n) is 4.18. The average Bonchev–Trinajstić information content (AvgIpc) is 2.62. The molecule has 0 atom stereocenters. The lowest BCUT2D eigenvalue weighted by molar-refractivity contribution is 0.102. The predicted molar refractivity (Wildman–Crippen MR) is 95.2 cm³/mol. The van der Waals surface area contributed by atoms with Crippen LogP contribution in [0.15, 0.2) is 36.5 Å². The number of carbonyl (C=O) groups excluding carboxylic acids is 1. The van der Waals surface area contributed by atoms with E-state index in [-0.39, 0.29) is 17.3 Å². The summed E-state index contributed by atoms with van der Waals surface area (Å²) in [6.45, 7) is 6.90. The van der Waals surface area contributed by atoms with Gasteiger partial charge in [-0.25, -0.2) is 4.98 Å². The molecule has 3 N–H and O–H groups in total. The second kappa shape index (κ2) is 7.27. The Morgan fingerprint density at radius 1 is 1.21 bits per heavy atom. The molecule has 7 heteroatoms. The van der Waals surface area contributed by atoms with Gasteiger partial charge in [0.15, 0.2) is 0 Å². The highest BCUT2D eigenvalue weighted by molar-refractivity contribution is 6.07. The highest BCUT2D eigenvalue weighted by atomic mass is 16.1. The summed E-state index contributed by atoms with van der Waals surface area (Å²) in [5, 5.41) is 2.79. The van der Waals surface area contributed by atoms with Crippen LogP contribution in [-0.2, 0) is 0 Å². The molecule has 0 unspecified atom stereocenters. The number of amides is 1. The molecule has 0 spiro atoms. The van der Waals surface area contributed by atoms with E-state index in [2.05, 4.69) is 32.0 Å². The molecule has 2 aromatic rings. The van der Waals surface area contributed by atoms with Gasteiger partial charge in [-0.3, -0.25) is 4.79 Å². The van der Waals surface area contributed by atoms with E-state index in [0.717, 1.165) is 32.7 Å². The van der Waals surface area contributed by atoms with Gasteiger partial charge in [0.25, 0.3) is 5.91 Å². The van der Waals surface area contributed by atoms with E-state index >= 15 is 0 Å². The summed E-state index contributed by atoms with van der Waals surface area (Å²) >= 11 is 0. The van der Waals surface area contributed by atoms with Gasteiger partial charge in [-0.1, -0.05) is 25.1 Å². The molecule has 1 fully saturated rings. The number of piperazine rings is 1. The number of para-hydroxylation sites is 1. The number of likely N-dealkylation sites (N-methyl/N-ethyl adjacent to an activating group) is 1. The maximum Gasteiger partial charge on any atom is 0.260 e. The highest BCUT2D eigenvalue weighted by Gasteiger charge is 2.20. The van der Waals surface area contributed by atoms with Crippen molar-refractivity contribution in [3.05, 3.63) is 42.1 Å². The minimum atomic E-state index is -0.305. The van der Waals surface area contributed by atoms with Crippen LogP contribution in [0.1, 0.15) is 17.3 Å². The van der Waals surface area contributed by atoms with Gasteiger partial charge in [0, 0.05) is 38.1 Å². The first-order chi connectivity index (χ1) is 11.7. The van der Waals surface area contributed by atoms with E-state index in [1.165, 1.54) is 6.20 Å². The maximum atomic E-state index is 12.3. The number of hydrogen-bond acceptors (Lipinski definition) is 6. The summed E-state index contributed by atoms with van der Waals surface area (Å²) < 4.78 is 0. The molecule has 1 amide bonds. The molecule has 0 bridgehead atoms. The summed E-state index contributed by atoms with van der Waals surface area (Å²) in [5.41, 5.74) is 6.98. The molecular weight excluding hydrogens is 304 g/mol. The Hall–Kier alpha value is -2.67. The van der Waals surface area contributed by atoms with Crippen molar-refractivity contribution < 1.29 is 4.79 Å². The van der Waals surface area contributed by atoms with Gasteiger partial charge >= 0.3 is 0 Å². The van der Waals surface area contributed by atoms with Gasteiger partial charge in [0.05, 0.1) is 0 Å². The first kappa shape index (κ1) is 16.2. The fraction of sp³-hybridized carbons (Fsp3) is 0.353. The third-order valence-corrected chi connectivity index (χ3v) is 4.18. The number of hydrogen-bond donors (Lipinski definition) is 2. The van der Waals surface area contributed by atoms with Crippen LogP contribution in [0, 0.1) is 0 Å². The third kappa shape index (κ3) is 3.62. The molecule has 1 aliphatic heterocycles. The SMILES string of the molecule is CCN1CCN(c2ncc(C(=O)Nc3ccccc3)c(N)n2)CC1. The predicted octanol–water partition coefficient (Wildman–Crippen LogP) is 1.45. The smallest absolute Gasteiger partial charge is 0.260 e. The monoisotopic (exact) mass is 326 g/mol. The molecular formula is C17H22N6O. The van der Waals surface area contributed by atoms with Crippen molar-refractivity contribution >= 4 is 23.4 Å². The second-order valence-electron chi connectivity index (χ2n) is 5.71. The second-order valence-corrected chi connectivity index (χ2v) is 5.71. The molecule has 1 aromatic carbocycles. The zero-order valence-corrected chi connectivity index (χ0v) is 13.8. The molecule has 126 valence electrons. The van der Waals surface area contributed by atoms with E-state index in [1.54, 1.807) is 0 Å². The van der Waals surface area contributed by atoms with E-state index in [9.17, 15) is 4.79 Å². The van der Waals surface area contributed by atoms with Gasteiger partial charge in [0.2, 0.25) is 5.95 Å². The molecule has 24 heavy (non-hydrogen) atoms. The first-order valence-electron chi connectivity index (χ1n) is 8.13. The number of benzene rings is 1. The molecule has 3 rings (SSSR count). The van der Waals surface area contributed by atoms with E-state index in [0.29, 0.717) is 11.6 Å². The van der Waals surface area contributed by atoms with Crippen molar-refractivity contribution in [3.63, 3.8) is 0 Å². The molecule has 7 nitrogen and oxygen atoms in total. The number of nitrogens with one attached hydrogen (secondary N) is 1. The molecule has 1 aliphatic rings. The Morgan fingerprint density at radius 2 is 1.92 bits per heavy atom. The quantitative estimate of drug-likeness (QED) is 0.884. The Balaban J connectivity index is 1.69. The van der Waals surface area contributed by atoms with Crippen LogP contribution in [0.3, 0.4) is 0 Å². The lowest BCUT2D eigenvalue weighted by atomic mass is 10.2. The summed E-state index contributed by atoms with van der Waals surface area (Å²) in [7, 11) is 0. The van der Waals surface area contributed by atoms with Crippen LogP contribution >= 0.6 is 0 Å². The standard InChI is InChI=1S/C17H22N6O/c1-2-22-8-10-23(11-9-22)17-19-12-14(15(18)21-17)16(24)20-13-6-4-3-5-7-13/h3-7,12H,2,8-11H2,1H3,(H,20,24)(H2,18,19,21). The van der Waals surface area contributed by atoms with Crippen molar-refractivity contribution in [1.82, 2.24) is 14.9 Å². The van der Waals surface area contributed by atoms with E-state index in [4.69, 9.17) is 5.73 Å². The number of carbonyl (C=O) groups is 1. The lowest BCUT2D eigenvalue weighted by Crippen LogP contribution is -2.46. The van der Waals surface area contributed by atoms with Gasteiger partial charge in [-0.05, 0) is 18.7 Å². The van der Waals surface area contributed by atoms with Crippen LogP contribution in [0.5, 0.6) is 0 Å². The van der Waals surface area contributed by atoms with Gasteiger partial charge in [-0.15, -0.1) is 0 Å². The molecule has 1 saturated heterocycles. The minimum absolute atomic E-state index is 0.200. The van der Waals surface area contributed by atoms with Gasteiger partial charge in [-0.2, -0.15) is 4.98 Å². The summed E-state index contributed by atoms with van der Waals surface area (Å²) in [4.78, 5) is 25.4. The van der Waals surface area contributed by atoms with Crippen molar-refractivity contribution in [1.29, 1.82) is 0 Å². The van der Waals surface area contributed by atoms with Crippen LogP contribution in [-0.4, -0.2) is 53.5 Å². The number of nitrogen functional groups attached to an aromatic ring is 1. The molecule has 2 heterocycles. The zero-order valence-electron chi connectivity index (χ0n) is 13.8. The summed E-state index contributed by atoms with van der Waals surface area (Å²) in [5.74, 6) is 0.479. The van der Waals surface area contributed by atoms with Crippen molar-refractivity contribution in [2.45, 2.75) is 6.92 Å². The number of nitrogens with two attached hydrogens (primary N) is 1. The topological polar surface area (TPSA) is 87.4 Å². The zero-order chi connectivity index (χ0) is 16.9. The largest absolute Gasteiger partial charge is 0.383 e. The number of aromatic nitrogens is 2. The fourth-order valence-corrected chi connectivity index (χ4v) is 2.70. The highest BCUT2D eigenvalue weighted by Crippen LogP contribution is 2.17. The van der Waals surface area contributed by atoms with Crippen molar-refractivity contribution in [2.24, 2.45) is 0 Å². The maximum absolute atomic E-state index is 12.3. The minimum Gasteiger partial charge on any atom is -0.383 e. The molecule has 0 radical (unpaired) electrons. The molecule has 1 aromatic heterocycles. The number of rotatable bonds is 4. The van der Waals surface area contributed by atoms with Gasteiger partial charge < -0.3 is 20.9 Å². The lowest BCUT2D eigenvalue weighted by Gasteiger charge is -2.34. The van der Waals surface area contributed by atoms with Crippen molar-refractivity contribution in [3.8, 4) is 0 Å². The normalized spacial score (nSPS) is 15.3. The average molecular weight is 326 g/mol. The Labute approximate surface area is 141 Å². The first-order valence-corrected chi connectivity index (χ1v) is 8.13. The summed E-state index contributed by atoms with van der Waals surface area (Å²) in [6.07, 6.45) is 1.50. The summed E-state index contributed by atoms with van der Waals surface area (Å²) in [6, 6.07) is 9.23. The van der Waals surface area contributed by atoms with Crippen LogP contribution in [0.2, 0.25) is 0 Å². The number of anilines is 3. The molecule has 0 aliphatic carbocycles. The van der Waals surface area contributed by atoms with Gasteiger partial charge in [0.1, 0.15) is 11.4 Å². The van der Waals surface area contributed by atoms with Crippen LogP contribution in [0.25, 0.3) is 0 Å². The fourth-order valence-electron chi connectivity index (χ4n) is 2.70. The Kier molecular flexibility index (Phi) is 4.90. The van der Waals surface area contributed by atoms with E-state index in [1.807, 2.05) is 30.3 Å². The Morgan fingerprint density at radius 3 is 2.54 bits per heavy atom. The molecule has 0 saturated carbocycles. The van der Waals surface area contributed by atoms with Crippen LogP contribution < -0.4 is 16.0 Å². The van der Waals surface area contributed by atoms with E-state index < -0.39 is 0 Å². The Bertz CT molecular complexity index is 697.